The molecule has 2 atom stereocenters. The first-order valence-corrected chi connectivity index (χ1v) is 5.83. The normalized spacial score (nSPS) is 32.5. The Kier molecular flexibility index (Phi) is 3.06. The summed E-state index contributed by atoms with van der Waals surface area (Å²) >= 11 is 0. The van der Waals surface area contributed by atoms with Crippen LogP contribution in [0, 0.1) is 5.92 Å². The molecular weight excluding hydrogens is 176 g/mol. The summed E-state index contributed by atoms with van der Waals surface area (Å²) in [6.07, 6.45) is 4.60. The Labute approximate surface area is 85.8 Å². The zero-order valence-corrected chi connectivity index (χ0v) is 8.96. The number of amides is 1. The van der Waals surface area contributed by atoms with Gasteiger partial charge >= 0.3 is 0 Å². The van der Waals surface area contributed by atoms with Gasteiger partial charge in [0.25, 0.3) is 0 Å². The molecule has 0 aliphatic carbocycles. The van der Waals surface area contributed by atoms with E-state index in [0.29, 0.717) is 5.91 Å². The van der Waals surface area contributed by atoms with Crippen molar-refractivity contribution < 1.29 is 4.79 Å². The predicted octanol–water partition coefficient (Wildman–Crippen LogP) is 0.997. The second kappa shape index (κ2) is 4.30. The summed E-state index contributed by atoms with van der Waals surface area (Å²) in [6, 6.07) is 0.130. The Morgan fingerprint density at radius 3 is 2.93 bits per heavy atom. The number of hydrogen-bond donors (Lipinski definition) is 1. The summed E-state index contributed by atoms with van der Waals surface area (Å²) in [7, 11) is 0. The van der Waals surface area contributed by atoms with E-state index >= 15 is 0 Å². The van der Waals surface area contributed by atoms with Crippen LogP contribution in [0.3, 0.4) is 0 Å². The maximum Gasteiger partial charge on any atom is 0.239 e. The van der Waals surface area contributed by atoms with Gasteiger partial charge in [0.2, 0.25) is 5.91 Å². The Morgan fingerprint density at radius 1 is 1.50 bits per heavy atom. The Morgan fingerprint density at radius 2 is 2.36 bits per heavy atom. The number of nitrogens with zero attached hydrogens (tertiary/aromatic N) is 1. The number of carbonyl (C=O) groups excluding carboxylic acids is 1. The number of hydrogen-bond acceptors (Lipinski definition) is 2. The van der Waals surface area contributed by atoms with E-state index in [1.165, 1.54) is 12.8 Å². The first-order valence-electron chi connectivity index (χ1n) is 5.83. The fraction of sp³-hybridized carbons (Fsp3) is 0.909. The van der Waals surface area contributed by atoms with Crippen molar-refractivity contribution in [2.75, 3.05) is 19.6 Å². The van der Waals surface area contributed by atoms with Gasteiger partial charge in [-0.25, -0.2) is 0 Å². The fourth-order valence-electron chi connectivity index (χ4n) is 2.48. The van der Waals surface area contributed by atoms with Crippen molar-refractivity contribution in [2.24, 2.45) is 5.92 Å². The Bertz CT molecular complexity index is 211. The van der Waals surface area contributed by atoms with Gasteiger partial charge in [0, 0.05) is 13.1 Å². The van der Waals surface area contributed by atoms with Gasteiger partial charge in [-0.05, 0) is 31.7 Å². The molecule has 3 nitrogen and oxygen atoms in total. The van der Waals surface area contributed by atoms with Gasteiger partial charge in [0.1, 0.15) is 0 Å². The topological polar surface area (TPSA) is 32.3 Å². The molecule has 2 saturated heterocycles. The molecule has 0 saturated carbocycles. The largest absolute Gasteiger partial charge is 0.341 e. The van der Waals surface area contributed by atoms with Gasteiger partial charge in [-0.3, -0.25) is 4.79 Å². The van der Waals surface area contributed by atoms with E-state index in [1.807, 2.05) is 0 Å². The third kappa shape index (κ3) is 1.92. The summed E-state index contributed by atoms with van der Waals surface area (Å²) in [4.78, 5) is 14.0. The second-order valence-electron chi connectivity index (χ2n) is 4.50. The van der Waals surface area contributed by atoms with Crippen LogP contribution >= 0.6 is 0 Å². The molecule has 1 amide bonds. The van der Waals surface area contributed by atoms with Crippen LogP contribution < -0.4 is 5.32 Å². The molecule has 3 heteroatoms. The van der Waals surface area contributed by atoms with Gasteiger partial charge in [-0.15, -0.1) is 0 Å². The SMILES string of the molecule is CCC1CCN(C(=O)C2CCCN2)C1. The third-order valence-electron chi connectivity index (χ3n) is 3.53. The number of carbonyl (C=O) groups is 1. The van der Waals surface area contributed by atoms with Crippen LogP contribution in [-0.2, 0) is 4.79 Å². The zero-order valence-electron chi connectivity index (χ0n) is 8.96. The Balaban J connectivity index is 1.86. The smallest absolute Gasteiger partial charge is 0.239 e. The van der Waals surface area contributed by atoms with E-state index in [2.05, 4.69) is 17.1 Å². The summed E-state index contributed by atoms with van der Waals surface area (Å²) in [6.45, 7) is 5.21. The lowest BCUT2D eigenvalue weighted by Gasteiger charge is -2.20. The van der Waals surface area contributed by atoms with Crippen LogP contribution in [-0.4, -0.2) is 36.5 Å². The zero-order chi connectivity index (χ0) is 9.97. The van der Waals surface area contributed by atoms with Crippen molar-refractivity contribution in [3.8, 4) is 0 Å². The lowest BCUT2D eigenvalue weighted by molar-refractivity contribution is -0.132. The van der Waals surface area contributed by atoms with Gasteiger partial charge in [0.05, 0.1) is 6.04 Å². The van der Waals surface area contributed by atoms with Crippen molar-refractivity contribution in [1.29, 1.82) is 0 Å². The predicted molar refractivity (Wildman–Crippen MR) is 56.0 cm³/mol. The van der Waals surface area contributed by atoms with Crippen molar-refractivity contribution in [3.05, 3.63) is 0 Å². The summed E-state index contributed by atoms with van der Waals surface area (Å²) in [5.74, 6) is 1.10. The molecule has 2 rings (SSSR count). The van der Waals surface area contributed by atoms with Crippen LogP contribution in [0.4, 0.5) is 0 Å². The highest BCUT2D eigenvalue weighted by Gasteiger charge is 2.31. The average Bonchev–Trinajstić information content (AvgIpc) is 2.88. The highest BCUT2D eigenvalue weighted by molar-refractivity contribution is 5.82. The van der Waals surface area contributed by atoms with Crippen LogP contribution in [0.1, 0.15) is 32.6 Å². The highest BCUT2D eigenvalue weighted by atomic mass is 16.2. The maximum absolute atomic E-state index is 12.0. The summed E-state index contributed by atoms with van der Waals surface area (Å²) in [5.41, 5.74) is 0. The number of rotatable bonds is 2. The summed E-state index contributed by atoms with van der Waals surface area (Å²) < 4.78 is 0. The molecule has 2 aliphatic heterocycles. The van der Waals surface area contributed by atoms with E-state index in [4.69, 9.17) is 0 Å². The van der Waals surface area contributed by atoms with E-state index < -0.39 is 0 Å². The van der Waals surface area contributed by atoms with Crippen LogP contribution in [0.25, 0.3) is 0 Å². The monoisotopic (exact) mass is 196 g/mol. The quantitative estimate of drug-likeness (QED) is 0.714. The molecule has 2 fully saturated rings. The van der Waals surface area contributed by atoms with Gasteiger partial charge in [0.15, 0.2) is 0 Å². The number of likely N-dealkylation sites (tertiary alicyclic amines) is 1. The van der Waals surface area contributed by atoms with Crippen molar-refractivity contribution in [2.45, 2.75) is 38.6 Å². The minimum absolute atomic E-state index is 0.130. The van der Waals surface area contributed by atoms with Crippen LogP contribution in [0.15, 0.2) is 0 Å². The summed E-state index contributed by atoms with van der Waals surface area (Å²) in [5, 5.41) is 3.27. The van der Waals surface area contributed by atoms with Crippen molar-refractivity contribution in [1.82, 2.24) is 10.2 Å². The average molecular weight is 196 g/mol. The van der Waals surface area contributed by atoms with Crippen LogP contribution in [0.2, 0.25) is 0 Å². The first kappa shape index (κ1) is 9.97. The van der Waals surface area contributed by atoms with E-state index in [9.17, 15) is 4.79 Å². The minimum atomic E-state index is 0.130. The molecule has 0 aromatic heterocycles. The third-order valence-corrected chi connectivity index (χ3v) is 3.53. The lowest BCUT2D eigenvalue weighted by Crippen LogP contribution is -2.42. The molecule has 2 aliphatic rings. The molecule has 80 valence electrons. The number of nitrogens with one attached hydrogen (secondary N) is 1. The van der Waals surface area contributed by atoms with E-state index in [0.717, 1.165) is 38.4 Å². The fourth-order valence-corrected chi connectivity index (χ4v) is 2.48. The van der Waals surface area contributed by atoms with E-state index in [-0.39, 0.29) is 6.04 Å². The van der Waals surface area contributed by atoms with E-state index in [1.54, 1.807) is 0 Å². The second-order valence-corrected chi connectivity index (χ2v) is 4.50. The molecule has 14 heavy (non-hydrogen) atoms. The lowest BCUT2D eigenvalue weighted by atomic mass is 10.1. The standard InChI is InChI=1S/C11H20N2O/c1-2-9-5-7-13(8-9)11(14)10-4-3-6-12-10/h9-10,12H,2-8H2,1H3. The van der Waals surface area contributed by atoms with Crippen molar-refractivity contribution >= 4 is 5.91 Å². The molecular formula is C11H20N2O. The molecule has 1 N–H and O–H groups in total. The minimum Gasteiger partial charge on any atom is -0.341 e. The first-order chi connectivity index (χ1) is 6.81. The molecule has 0 spiro atoms. The molecule has 2 heterocycles. The molecule has 0 aromatic rings. The van der Waals surface area contributed by atoms with Gasteiger partial charge in [-0.1, -0.05) is 13.3 Å². The van der Waals surface area contributed by atoms with Crippen molar-refractivity contribution in [3.63, 3.8) is 0 Å². The Hall–Kier alpha value is -0.570. The molecule has 0 bridgehead atoms. The van der Waals surface area contributed by atoms with Gasteiger partial charge in [-0.2, -0.15) is 0 Å². The highest BCUT2D eigenvalue weighted by Crippen LogP contribution is 2.21. The molecule has 0 radical (unpaired) electrons. The van der Waals surface area contributed by atoms with Gasteiger partial charge < -0.3 is 10.2 Å². The molecule has 2 unspecified atom stereocenters. The maximum atomic E-state index is 12.0. The van der Waals surface area contributed by atoms with Crippen LogP contribution in [0.5, 0.6) is 0 Å². The molecule has 0 aromatic carbocycles.